The third-order valence-corrected chi connectivity index (χ3v) is 9.28. The van der Waals surface area contributed by atoms with E-state index < -0.39 is 36.3 Å². The summed E-state index contributed by atoms with van der Waals surface area (Å²) in [4.78, 5) is 0. The molecule has 1 aromatic heterocycles. The lowest BCUT2D eigenvalue weighted by molar-refractivity contribution is 0.669. The first-order chi connectivity index (χ1) is 28.5. The third kappa shape index (κ3) is 4.47. The fourth-order valence-electron chi connectivity index (χ4n) is 7.12. The van der Waals surface area contributed by atoms with Crippen LogP contribution in [0.15, 0.2) is 186 Å². The summed E-state index contributed by atoms with van der Waals surface area (Å²) in [6, 6.07) is 35.9. The number of benzene rings is 9. The van der Waals surface area contributed by atoms with Crippen molar-refractivity contribution in [2.45, 2.75) is 0 Å². The molecule has 0 radical (unpaired) electrons. The van der Waals surface area contributed by atoms with Crippen LogP contribution in [0.5, 0.6) is 0 Å². The molecule has 228 valence electrons. The quantitative estimate of drug-likeness (QED) is 0.176. The Bertz CT molecular complexity index is 3370. The van der Waals surface area contributed by atoms with E-state index in [0.717, 1.165) is 54.6 Å². The van der Waals surface area contributed by atoms with Crippen LogP contribution in [-0.2, 0) is 0 Å². The van der Waals surface area contributed by atoms with Crippen molar-refractivity contribution >= 4 is 54.3 Å². The van der Waals surface area contributed by atoms with Crippen LogP contribution in [0.25, 0.3) is 98.8 Å². The molecule has 0 spiro atoms. The van der Waals surface area contributed by atoms with Crippen LogP contribution in [0, 0.1) is 0 Å². The van der Waals surface area contributed by atoms with Crippen LogP contribution in [0.4, 0.5) is 0 Å². The minimum Gasteiger partial charge on any atom is -0.456 e. The number of fused-ring (bicyclic) bond motifs is 6. The molecule has 0 N–H and O–H groups in total. The van der Waals surface area contributed by atoms with E-state index >= 15 is 0 Å². The molecule has 0 fully saturated rings. The van der Waals surface area contributed by atoms with Gasteiger partial charge in [0, 0.05) is 10.8 Å². The summed E-state index contributed by atoms with van der Waals surface area (Å²) in [6.07, 6.45) is 0. The molecule has 10 rings (SSSR count). The van der Waals surface area contributed by atoms with E-state index in [-0.39, 0.29) is 62.8 Å². The molecule has 10 aromatic rings. The van der Waals surface area contributed by atoms with Gasteiger partial charge in [-0.05, 0) is 107 Å². The summed E-state index contributed by atoms with van der Waals surface area (Å²) in [7, 11) is 0. The third-order valence-electron chi connectivity index (χ3n) is 9.28. The Morgan fingerprint density at radius 1 is 0.367 bits per heavy atom. The molecule has 0 atom stereocenters. The van der Waals surface area contributed by atoms with E-state index in [4.69, 9.17) is 14.0 Å². The largest absolute Gasteiger partial charge is 0.456 e. The van der Waals surface area contributed by atoms with Gasteiger partial charge in [0.2, 0.25) is 0 Å². The van der Waals surface area contributed by atoms with Gasteiger partial charge in [-0.2, -0.15) is 0 Å². The van der Waals surface area contributed by atoms with Crippen molar-refractivity contribution in [3.8, 4) is 44.5 Å². The van der Waals surface area contributed by atoms with Gasteiger partial charge in [-0.25, -0.2) is 0 Å². The second-order valence-electron chi connectivity index (χ2n) is 12.0. The van der Waals surface area contributed by atoms with Crippen molar-refractivity contribution in [1.29, 1.82) is 0 Å². The van der Waals surface area contributed by atoms with E-state index in [1.54, 1.807) is 0 Å². The van der Waals surface area contributed by atoms with Crippen molar-refractivity contribution in [3.63, 3.8) is 0 Å². The van der Waals surface area contributed by atoms with Crippen molar-refractivity contribution < 1.29 is 18.1 Å². The monoisotopic (exact) mass is 632 g/mol. The lowest BCUT2D eigenvalue weighted by Crippen LogP contribution is -1.91. The van der Waals surface area contributed by atoms with Crippen LogP contribution in [0.2, 0.25) is 0 Å². The van der Waals surface area contributed by atoms with Crippen LogP contribution < -0.4 is 0 Å². The zero-order valence-electron chi connectivity index (χ0n) is 36.0. The molecular formula is C48H30O. The highest BCUT2D eigenvalue weighted by Gasteiger charge is 2.18. The van der Waals surface area contributed by atoms with Gasteiger partial charge in [0.25, 0.3) is 0 Å². The SMILES string of the molecule is [2H]c1cc2c(oc3c([2H])c([2H])c(-c4c5ccccc5c(-c5cccc(-c6cccc7ccccc67)c5)c5ccccc45)c([2H])c32)c([2H])c1-c1c([2H])c([2H])c([2H])c([2H])c1[2H]. The first-order valence-corrected chi connectivity index (χ1v) is 16.0. The zero-order chi connectivity index (χ0) is 41.0. The van der Waals surface area contributed by atoms with E-state index in [9.17, 15) is 4.11 Å². The predicted octanol–water partition coefficient (Wildman–Crippen LogP) is 13.7. The molecule has 0 saturated heterocycles. The van der Waals surface area contributed by atoms with E-state index in [1.165, 1.54) is 6.07 Å². The highest BCUT2D eigenvalue weighted by molar-refractivity contribution is 6.22. The Labute approximate surface area is 298 Å². The summed E-state index contributed by atoms with van der Waals surface area (Å²) in [6.45, 7) is 0. The van der Waals surface area contributed by atoms with E-state index in [2.05, 4.69) is 54.6 Å². The molecule has 9 aromatic carbocycles. The lowest BCUT2D eigenvalue weighted by atomic mass is 9.85. The highest BCUT2D eigenvalue weighted by atomic mass is 16.3. The maximum atomic E-state index is 9.76. The molecule has 0 aliphatic heterocycles. The maximum absolute atomic E-state index is 9.76. The molecule has 0 amide bonds. The van der Waals surface area contributed by atoms with Crippen molar-refractivity contribution in [3.05, 3.63) is 182 Å². The van der Waals surface area contributed by atoms with Crippen LogP contribution in [-0.4, -0.2) is 0 Å². The van der Waals surface area contributed by atoms with Gasteiger partial charge in [0.15, 0.2) is 0 Å². The lowest BCUT2D eigenvalue weighted by Gasteiger charge is -2.18. The molecule has 0 aliphatic rings. The molecule has 1 nitrogen and oxygen atoms in total. The average Bonchev–Trinajstić information content (AvgIpc) is 3.65. The number of hydrogen-bond donors (Lipinski definition) is 0. The van der Waals surface area contributed by atoms with Crippen LogP contribution in [0.1, 0.15) is 13.7 Å². The first-order valence-electron chi connectivity index (χ1n) is 21.0. The Morgan fingerprint density at radius 3 is 1.76 bits per heavy atom. The Morgan fingerprint density at radius 2 is 1.00 bits per heavy atom. The van der Waals surface area contributed by atoms with Crippen LogP contribution in [0.3, 0.4) is 0 Å². The molecule has 1 heteroatoms. The van der Waals surface area contributed by atoms with Crippen molar-refractivity contribution in [2.75, 3.05) is 0 Å². The Hall–Kier alpha value is -6.44. The zero-order valence-corrected chi connectivity index (χ0v) is 26.0. The van der Waals surface area contributed by atoms with Gasteiger partial charge in [-0.3, -0.25) is 0 Å². The number of rotatable bonds is 4. The van der Waals surface area contributed by atoms with Gasteiger partial charge in [0.1, 0.15) is 11.2 Å². The first kappa shape index (κ1) is 19.4. The normalized spacial score (nSPS) is 14.5. The van der Waals surface area contributed by atoms with Gasteiger partial charge in [-0.1, -0.05) is 151 Å². The second kappa shape index (κ2) is 11.1. The molecule has 1 heterocycles. The van der Waals surface area contributed by atoms with Gasteiger partial charge in [-0.15, -0.1) is 0 Å². The van der Waals surface area contributed by atoms with Crippen LogP contribution >= 0.6 is 0 Å². The minimum atomic E-state index is -0.599. The summed E-state index contributed by atoms with van der Waals surface area (Å²) in [5.74, 6) is 0. The summed E-state index contributed by atoms with van der Waals surface area (Å²) in [5, 5.41) is 5.96. The summed E-state index contributed by atoms with van der Waals surface area (Å²) >= 11 is 0. The predicted molar refractivity (Wildman–Crippen MR) is 208 cm³/mol. The Balaban J connectivity index is 1.25. The van der Waals surface area contributed by atoms with E-state index in [0.29, 0.717) is 5.56 Å². The molecular weight excluding hydrogens is 593 g/mol. The van der Waals surface area contributed by atoms with Gasteiger partial charge < -0.3 is 4.42 Å². The van der Waals surface area contributed by atoms with Gasteiger partial charge >= 0.3 is 0 Å². The van der Waals surface area contributed by atoms with Crippen molar-refractivity contribution in [1.82, 2.24) is 0 Å². The van der Waals surface area contributed by atoms with Gasteiger partial charge in [0.05, 0.1) is 13.7 Å². The fraction of sp³-hybridized carbons (Fsp3) is 0. The van der Waals surface area contributed by atoms with E-state index in [1.807, 2.05) is 60.7 Å². The number of furan rings is 1. The minimum absolute atomic E-state index is 0.111. The fourth-order valence-corrected chi connectivity index (χ4v) is 7.12. The molecule has 0 unspecified atom stereocenters. The Kier molecular flexibility index (Phi) is 4.39. The smallest absolute Gasteiger partial charge is 0.136 e. The number of hydrogen-bond acceptors (Lipinski definition) is 1. The summed E-state index contributed by atoms with van der Waals surface area (Å²) < 4.78 is 94.2. The second-order valence-corrected chi connectivity index (χ2v) is 12.0. The molecule has 49 heavy (non-hydrogen) atoms. The maximum Gasteiger partial charge on any atom is 0.136 e. The highest BCUT2D eigenvalue weighted by Crippen LogP contribution is 2.45. The standard InChI is InChI=1S/C48H30O/c1-2-12-31(13-3-1)33-24-26-39-44-29-36(25-27-45(44)49-46(39)30-33)48-42-21-8-6-19-40(42)47(41-20-7-9-22-43(41)48)35-17-10-16-34(28-35)38-23-11-15-32-14-4-5-18-37(32)38/h1-30H/i1D,2D,3D,12D,13D,24D,25D,27D,29D,30D. The topological polar surface area (TPSA) is 13.1 Å². The molecule has 0 aliphatic carbocycles. The molecule has 0 bridgehead atoms. The van der Waals surface area contributed by atoms with Crippen molar-refractivity contribution in [2.24, 2.45) is 0 Å². The summed E-state index contributed by atoms with van der Waals surface area (Å²) in [5.41, 5.74) is 4.18. The molecule has 0 saturated carbocycles. The average molecular weight is 633 g/mol.